The summed E-state index contributed by atoms with van der Waals surface area (Å²) < 4.78 is 0.757. The number of carboxylic acid groups (broad SMARTS) is 1. The van der Waals surface area contributed by atoms with E-state index in [1.165, 1.54) is 0 Å². The maximum absolute atomic E-state index is 11.4. The van der Waals surface area contributed by atoms with Gasteiger partial charge in [-0.15, -0.1) is 0 Å². The summed E-state index contributed by atoms with van der Waals surface area (Å²) in [6, 6.07) is 6.82. The van der Waals surface area contributed by atoms with Crippen molar-refractivity contribution in [2.24, 2.45) is 0 Å². The van der Waals surface area contributed by atoms with Crippen LogP contribution in [0.15, 0.2) is 33.5 Å². The molecule has 0 aliphatic heterocycles. The quantitative estimate of drug-likeness (QED) is 0.781. The first kappa shape index (κ1) is 12.3. The fourth-order valence-electron chi connectivity index (χ4n) is 1.39. The Morgan fingerprint density at radius 3 is 2.72 bits per heavy atom. The van der Waals surface area contributed by atoms with Gasteiger partial charge in [-0.1, -0.05) is 28.1 Å². The van der Waals surface area contributed by atoms with Gasteiger partial charge in [0.2, 0.25) is 5.75 Å². The molecule has 0 bridgehead atoms. The molecule has 1 aromatic heterocycles. The summed E-state index contributed by atoms with van der Waals surface area (Å²) in [5, 5.41) is 18.1. The van der Waals surface area contributed by atoms with Gasteiger partial charge in [0.25, 0.3) is 5.56 Å². The van der Waals surface area contributed by atoms with Crippen molar-refractivity contribution in [2.45, 2.75) is 0 Å². The third kappa shape index (κ3) is 2.25. The van der Waals surface area contributed by atoms with Crippen LogP contribution < -0.4 is 5.56 Å². The van der Waals surface area contributed by atoms with Crippen LogP contribution in [-0.4, -0.2) is 26.2 Å². The molecule has 0 unspecified atom stereocenters. The van der Waals surface area contributed by atoms with Crippen LogP contribution in [0.2, 0.25) is 0 Å². The van der Waals surface area contributed by atoms with Gasteiger partial charge in [0.15, 0.2) is 5.69 Å². The highest BCUT2D eigenvalue weighted by molar-refractivity contribution is 9.10. The first-order chi connectivity index (χ1) is 8.49. The molecule has 0 saturated carbocycles. The fourth-order valence-corrected chi connectivity index (χ4v) is 1.79. The third-order valence-electron chi connectivity index (χ3n) is 2.20. The van der Waals surface area contributed by atoms with E-state index in [2.05, 4.69) is 25.9 Å². The Bertz CT molecular complexity index is 681. The lowest BCUT2D eigenvalue weighted by molar-refractivity contribution is 0.0686. The number of hydrogen-bond acceptors (Lipinski definition) is 4. The fraction of sp³-hybridized carbons (Fsp3) is 0. The second kappa shape index (κ2) is 4.61. The number of aromatic nitrogens is 2. The summed E-state index contributed by atoms with van der Waals surface area (Å²) in [6.07, 6.45) is 0. The Morgan fingerprint density at radius 2 is 2.11 bits per heavy atom. The van der Waals surface area contributed by atoms with Crippen LogP contribution in [-0.2, 0) is 0 Å². The summed E-state index contributed by atoms with van der Waals surface area (Å²) in [5.74, 6) is -2.28. The van der Waals surface area contributed by atoms with Gasteiger partial charge >= 0.3 is 5.97 Å². The maximum Gasteiger partial charge on any atom is 0.358 e. The van der Waals surface area contributed by atoms with Gasteiger partial charge in [-0.2, -0.15) is 0 Å². The minimum Gasteiger partial charge on any atom is -0.501 e. The molecule has 1 aromatic carbocycles. The number of carbonyl (C=O) groups is 1. The molecule has 0 fully saturated rings. The first-order valence-corrected chi connectivity index (χ1v) is 5.61. The standard InChI is InChI=1S/C11H7BrN2O4/c12-6-3-1-2-5(4-6)9-13-7(11(17)18)8(15)10(16)14-9/h1-4,15H,(H,17,18)(H,13,14,16). The van der Waals surface area contributed by atoms with Crippen molar-refractivity contribution in [2.75, 3.05) is 0 Å². The van der Waals surface area contributed by atoms with Crippen molar-refractivity contribution < 1.29 is 15.0 Å². The van der Waals surface area contributed by atoms with Gasteiger partial charge in [-0.05, 0) is 12.1 Å². The molecule has 2 rings (SSSR count). The highest BCUT2D eigenvalue weighted by Crippen LogP contribution is 2.20. The van der Waals surface area contributed by atoms with E-state index in [0.717, 1.165) is 4.47 Å². The maximum atomic E-state index is 11.4. The normalized spacial score (nSPS) is 10.3. The van der Waals surface area contributed by atoms with E-state index >= 15 is 0 Å². The van der Waals surface area contributed by atoms with Gasteiger partial charge in [0.05, 0.1) is 0 Å². The van der Waals surface area contributed by atoms with Crippen molar-refractivity contribution in [3.63, 3.8) is 0 Å². The molecule has 0 aliphatic rings. The molecule has 6 nitrogen and oxygen atoms in total. The predicted molar refractivity (Wildman–Crippen MR) is 66.6 cm³/mol. The Morgan fingerprint density at radius 1 is 1.39 bits per heavy atom. The van der Waals surface area contributed by atoms with E-state index in [1.54, 1.807) is 24.3 Å². The minimum absolute atomic E-state index is 0.0801. The summed E-state index contributed by atoms with van der Waals surface area (Å²) >= 11 is 3.25. The van der Waals surface area contributed by atoms with Gasteiger partial charge in [0.1, 0.15) is 5.82 Å². The van der Waals surface area contributed by atoms with Crippen LogP contribution in [0.3, 0.4) is 0 Å². The minimum atomic E-state index is -1.46. The number of aromatic carboxylic acids is 1. The molecule has 0 amide bonds. The van der Waals surface area contributed by atoms with Gasteiger partial charge in [0, 0.05) is 10.0 Å². The Balaban J connectivity index is 2.66. The molecule has 18 heavy (non-hydrogen) atoms. The Kier molecular flexibility index (Phi) is 3.15. The van der Waals surface area contributed by atoms with Crippen molar-refractivity contribution >= 4 is 21.9 Å². The second-order valence-electron chi connectivity index (χ2n) is 3.43. The van der Waals surface area contributed by atoms with Gasteiger partial charge in [-0.3, -0.25) is 4.79 Å². The summed E-state index contributed by atoms with van der Waals surface area (Å²) in [7, 11) is 0. The molecular weight excluding hydrogens is 304 g/mol. The number of aromatic hydroxyl groups is 1. The zero-order valence-electron chi connectivity index (χ0n) is 8.85. The average Bonchev–Trinajstić information content (AvgIpc) is 2.32. The Hall–Kier alpha value is -2.15. The number of rotatable bonds is 2. The summed E-state index contributed by atoms with van der Waals surface area (Å²) in [6.45, 7) is 0. The van der Waals surface area contributed by atoms with Gasteiger partial charge in [-0.25, -0.2) is 9.78 Å². The number of carboxylic acids is 1. The van der Waals surface area contributed by atoms with Crippen LogP contribution in [0.5, 0.6) is 5.75 Å². The lowest BCUT2D eigenvalue weighted by atomic mass is 10.2. The molecule has 0 atom stereocenters. The molecule has 0 aliphatic carbocycles. The highest BCUT2D eigenvalue weighted by Gasteiger charge is 2.17. The second-order valence-corrected chi connectivity index (χ2v) is 4.34. The van der Waals surface area contributed by atoms with Crippen LogP contribution in [0.1, 0.15) is 10.5 Å². The zero-order valence-corrected chi connectivity index (χ0v) is 10.4. The van der Waals surface area contributed by atoms with Gasteiger partial charge < -0.3 is 15.2 Å². The number of H-pyrrole nitrogens is 1. The molecule has 0 spiro atoms. The molecule has 1 heterocycles. The molecule has 2 aromatic rings. The molecule has 0 radical (unpaired) electrons. The first-order valence-electron chi connectivity index (χ1n) is 4.81. The number of nitrogens with one attached hydrogen (secondary N) is 1. The number of halogens is 1. The number of benzene rings is 1. The van der Waals surface area contributed by atoms with Crippen LogP contribution >= 0.6 is 15.9 Å². The van der Waals surface area contributed by atoms with E-state index in [4.69, 9.17) is 5.11 Å². The van der Waals surface area contributed by atoms with Crippen molar-refractivity contribution in [1.82, 2.24) is 9.97 Å². The zero-order chi connectivity index (χ0) is 13.3. The smallest absolute Gasteiger partial charge is 0.358 e. The van der Waals surface area contributed by atoms with E-state index in [9.17, 15) is 14.7 Å². The monoisotopic (exact) mass is 310 g/mol. The van der Waals surface area contributed by atoms with Crippen molar-refractivity contribution in [3.8, 4) is 17.1 Å². The average molecular weight is 311 g/mol. The molecular formula is C11H7BrN2O4. The summed E-state index contributed by atoms with van der Waals surface area (Å²) in [4.78, 5) is 28.3. The highest BCUT2D eigenvalue weighted by atomic mass is 79.9. The van der Waals surface area contributed by atoms with E-state index in [0.29, 0.717) is 5.56 Å². The SMILES string of the molecule is O=C(O)c1nc(-c2cccc(Br)c2)[nH]c(=O)c1O. The molecule has 3 N–H and O–H groups in total. The van der Waals surface area contributed by atoms with E-state index in [1.807, 2.05) is 0 Å². The van der Waals surface area contributed by atoms with Crippen LogP contribution in [0.25, 0.3) is 11.4 Å². The lowest BCUT2D eigenvalue weighted by Crippen LogP contribution is -2.15. The van der Waals surface area contributed by atoms with Crippen LogP contribution in [0.4, 0.5) is 0 Å². The van der Waals surface area contributed by atoms with Crippen LogP contribution in [0, 0.1) is 0 Å². The van der Waals surface area contributed by atoms with Crippen molar-refractivity contribution in [3.05, 3.63) is 44.8 Å². The van der Waals surface area contributed by atoms with E-state index in [-0.39, 0.29) is 5.82 Å². The molecule has 7 heteroatoms. The number of aromatic amines is 1. The topological polar surface area (TPSA) is 103 Å². The summed E-state index contributed by atoms with van der Waals surface area (Å²) in [5.41, 5.74) is -1.03. The molecule has 0 saturated heterocycles. The van der Waals surface area contributed by atoms with Crippen molar-refractivity contribution in [1.29, 1.82) is 0 Å². The number of hydrogen-bond donors (Lipinski definition) is 3. The largest absolute Gasteiger partial charge is 0.501 e. The predicted octanol–water partition coefficient (Wildman–Crippen LogP) is 1.60. The molecule has 92 valence electrons. The van der Waals surface area contributed by atoms with E-state index < -0.39 is 23.0 Å². The lowest BCUT2D eigenvalue weighted by Gasteiger charge is -2.04. The number of nitrogens with zero attached hydrogens (tertiary/aromatic N) is 1. The Labute approximate surface area is 109 Å². The third-order valence-corrected chi connectivity index (χ3v) is 2.69.